The molecule has 2 amide bonds. The van der Waals surface area contributed by atoms with Gasteiger partial charge >= 0.3 is 12.2 Å². The van der Waals surface area contributed by atoms with Crippen LogP contribution in [-0.2, 0) is 0 Å². The number of hydrogen-bond donors (Lipinski definition) is 2. The normalized spacial score (nSPS) is 12.5. The topological polar surface area (TPSA) is 53.6 Å². The first kappa shape index (κ1) is 21.5. The van der Waals surface area contributed by atoms with Crippen molar-refractivity contribution in [1.29, 1.82) is 0 Å². The molecule has 2 N–H and O–H groups in total. The third-order valence-corrected chi connectivity index (χ3v) is 3.83. The van der Waals surface area contributed by atoms with Crippen LogP contribution in [0.5, 0.6) is 5.75 Å². The first-order valence-corrected chi connectivity index (χ1v) is 8.40. The van der Waals surface area contributed by atoms with Gasteiger partial charge in [-0.1, -0.05) is 18.2 Å². The molecule has 2 aromatic carbocycles. The number of anilines is 1. The second kappa shape index (κ2) is 9.41. The van der Waals surface area contributed by atoms with Gasteiger partial charge in [0.25, 0.3) is 0 Å². The summed E-state index contributed by atoms with van der Waals surface area (Å²) in [6.45, 7) is -1.17. The molecule has 0 bridgehead atoms. The van der Waals surface area contributed by atoms with Crippen LogP contribution in [0.4, 0.5) is 28.0 Å². The zero-order valence-electron chi connectivity index (χ0n) is 15.4. The summed E-state index contributed by atoms with van der Waals surface area (Å²) in [4.78, 5) is 14.0. The highest BCUT2D eigenvalue weighted by Crippen LogP contribution is 2.21. The van der Waals surface area contributed by atoms with Gasteiger partial charge in [-0.05, 0) is 43.9 Å². The van der Waals surface area contributed by atoms with Gasteiger partial charge < -0.3 is 20.3 Å². The van der Waals surface area contributed by atoms with Crippen molar-refractivity contribution in [2.45, 2.75) is 12.2 Å². The number of benzene rings is 2. The maximum absolute atomic E-state index is 13.1. The van der Waals surface area contributed by atoms with E-state index in [1.54, 1.807) is 12.1 Å². The smallest absolute Gasteiger partial charge is 0.422 e. The summed E-state index contributed by atoms with van der Waals surface area (Å²) in [5.41, 5.74) is 1.12. The van der Waals surface area contributed by atoms with Crippen LogP contribution in [-0.4, -0.2) is 44.4 Å². The van der Waals surface area contributed by atoms with Crippen LogP contribution in [0.3, 0.4) is 0 Å². The molecule has 2 aromatic rings. The number of carbonyl (C=O) groups excluding carboxylic acids is 1. The Kier molecular flexibility index (Phi) is 7.22. The molecule has 0 aliphatic carbocycles. The lowest BCUT2D eigenvalue weighted by Crippen LogP contribution is -2.36. The molecule has 0 saturated heterocycles. The van der Waals surface area contributed by atoms with E-state index in [4.69, 9.17) is 0 Å². The highest BCUT2D eigenvalue weighted by atomic mass is 19.4. The third-order valence-electron chi connectivity index (χ3n) is 3.83. The van der Waals surface area contributed by atoms with Gasteiger partial charge in [0.1, 0.15) is 11.6 Å². The van der Waals surface area contributed by atoms with Crippen molar-refractivity contribution < 1.29 is 27.1 Å². The number of alkyl halides is 3. The van der Waals surface area contributed by atoms with Crippen molar-refractivity contribution >= 4 is 11.7 Å². The number of ether oxygens (including phenoxy) is 1. The Morgan fingerprint density at radius 2 is 1.82 bits per heavy atom. The van der Waals surface area contributed by atoms with Crippen molar-refractivity contribution in [3.63, 3.8) is 0 Å². The molecule has 9 heteroatoms. The Balaban J connectivity index is 1.93. The van der Waals surface area contributed by atoms with Crippen molar-refractivity contribution in [3.05, 3.63) is 59.9 Å². The Labute approximate surface area is 160 Å². The van der Waals surface area contributed by atoms with E-state index in [0.717, 1.165) is 5.56 Å². The molecule has 0 saturated carbocycles. The van der Waals surface area contributed by atoms with Crippen molar-refractivity contribution in [2.24, 2.45) is 0 Å². The van der Waals surface area contributed by atoms with E-state index >= 15 is 0 Å². The van der Waals surface area contributed by atoms with Crippen LogP contribution < -0.4 is 15.4 Å². The Hall–Kier alpha value is -2.81. The van der Waals surface area contributed by atoms with Gasteiger partial charge in [-0.3, -0.25) is 0 Å². The number of likely N-dealkylation sites (N-methyl/N-ethyl adjacent to an activating group) is 1. The van der Waals surface area contributed by atoms with Crippen LogP contribution >= 0.6 is 0 Å². The fraction of sp³-hybridized carbons (Fsp3) is 0.316. The Morgan fingerprint density at radius 1 is 1.14 bits per heavy atom. The minimum Gasteiger partial charge on any atom is -0.484 e. The Morgan fingerprint density at radius 3 is 2.43 bits per heavy atom. The molecule has 0 heterocycles. The Bertz CT molecular complexity index is 779. The molecular weight excluding hydrogens is 378 g/mol. The van der Waals surface area contributed by atoms with E-state index < -0.39 is 18.8 Å². The van der Waals surface area contributed by atoms with Crippen LogP contribution in [0.15, 0.2) is 48.5 Å². The van der Waals surface area contributed by atoms with Crippen molar-refractivity contribution in [1.82, 2.24) is 10.2 Å². The van der Waals surface area contributed by atoms with E-state index in [1.165, 1.54) is 36.4 Å². The molecule has 0 radical (unpaired) electrons. The zero-order chi connectivity index (χ0) is 20.7. The van der Waals surface area contributed by atoms with Crippen molar-refractivity contribution in [2.75, 3.05) is 32.6 Å². The number of nitrogens with one attached hydrogen (secondary N) is 2. The number of urea groups is 1. The summed E-state index contributed by atoms with van der Waals surface area (Å²) in [5, 5.41) is 5.24. The average Bonchev–Trinajstić information content (AvgIpc) is 2.61. The summed E-state index contributed by atoms with van der Waals surface area (Å²) in [7, 11) is 3.66. The average molecular weight is 399 g/mol. The highest BCUT2D eigenvalue weighted by Gasteiger charge is 2.28. The van der Waals surface area contributed by atoms with Crippen LogP contribution in [0.25, 0.3) is 0 Å². The molecule has 0 fully saturated rings. The molecule has 2 rings (SSSR count). The molecule has 0 aliphatic heterocycles. The van der Waals surface area contributed by atoms with Gasteiger partial charge in [0.05, 0.1) is 6.04 Å². The number of rotatable bonds is 7. The summed E-state index contributed by atoms with van der Waals surface area (Å²) in [5.74, 6) is -0.354. The number of hydrogen-bond acceptors (Lipinski definition) is 3. The predicted octanol–water partition coefficient (Wildman–Crippen LogP) is 4.19. The molecular formula is C19H21F4N3O2. The summed E-state index contributed by atoms with van der Waals surface area (Å²) >= 11 is 0. The maximum Gasteiger partial charge on any atom is 0.422 e. The number of amides is 2. The molecule has 0 aliphatic rings. The number of carbonyl (C=O) groups is 1. The van der Waals surface area contributed by atoms with Crippen molar-refractivity contribution in [3.8, 4) is 5.75 Å². The largest absolute Gasteiger partial charge is 0.484 e. The lowest BCUT2D eigenvalue weighted by molar-refractivity contribution is -0.153. The first-order valence-electron chi connectivity index (χ1n) is 8.40. The van der Waals surface area contributed by atoms with Gasteiger partial charge in [-0.25, -0.2) is 9.18 Å². The highest BCUT2D eigenvalue weighted by molar-refractivity contribution is 5.89. The van der Waals surface area contributed by atoms with Gasteiger partial charge in [0.15, 0.2) is 6.61 Å². The standard InChI is InChI=1S/C19H21F4N3O2/c1-26(2)17(13-6-8-14(20)9-7-13)11-24-18(27)25-15-4-3-5-16(10-15)28-12-19(21,22)23/h3-10,17H,11-12H2,1-2H3,(H2,24,25,27). The summed E-state index contributed by atoms with van der Waals surface area (Å²) in [6, 6.07) is 10.9. The SMILES string of the molecule is CN(C)C(CNC(=O)Nc1cccc(OCC(F)(F)F)c1)c1ccc(F)cc1. The molecule has 152 valence electrons. The maximum atomic E-state index is 13.1. The lowest BCUT2D eigenvalue weighted by Gasteiger charge is -2.25. The minimum absolute atomic E-state index is 0.00685. The monoisotopic (exact) mass is 399 g/mol. The van der Waals surface area contributed by atoms with Gasteiger partial charge in [0, 0.05) is 18.3 Å². The van der Waals surface area contributed by atoms with Crippen LogP contribution in [0, 0.1) is 5.82 Å². The van der Waals surface area contributed by atoms with Gasteiger partial charge in [-0.15, -0.1) is 0 Å². The molecule has 1 unspecified atom stereocenters. The fourth-order valence-corrected chi connectivity index (χ4v) is 2.48. The zero-order valence-corrected chi connectivity index (χ0v) is 15.4. The van der Waals surface area contributed by atoms with Crippen LogP contribution in [0.2, 0.25) is 0 Å². The van der Waals surface area contributed by atoms with E-state index in [1.807, 2.05) is 19.0 Å². The minimum atomic E-state index is -4.44. The lowest BCUT2D eigenvalue weighted by atomic mass is 10.1. The van der Waals surface area contributed by atoms with E-state index in [0.29, 0.717) is 5.69 Å². The molecule has 1 atom stereocenters. The molecule has 28 heavy (non-hydrogen) atoms. The van der Waals surface area contributed by atoms with E-state index in [2.05, 4.69) is 15.4 Å². The molecule has 5 nitrogen and oxygen atoms in total. The third kappa shape index (κ3) is 7.07. The number of nitrogens with zero attached hydrogens (tertiary/aromatic N) is 1. The van der Waals surface area contributed by atoms with E-state index in [9.17, 15) is 22.4 Å². The quantitative estimate of drug-likeness (QED) is 0.687. The fourth-order valence-electron chi connectivity index (χ4n) is 2.48. The molecule has 0 spiro atoms. The predicted molar refractivity (Wildman–Crippen MR) is 97.8 cm³/mol. The van der Waals surface area contributed by atoms with Gasteiger partial charge in [0.2, 0.25) is 0 Å². The van der Waals surface area contributed by atoms with Gasteiger partial charge in [-0.2, -0.15) is 13.2 Å². The second-order valence-electron chi connectivity index (χ2n) is 6.30. The number of halogens is 4. The summed E-state index contributed by atoms with van der Waals surface area (Å²) in [6.07, 6.45) is -4.44. The van der Waals surface area contributed by atoms with Crippen LogP contribution in [0.1, 0.15) is 11.6 Å². The summed E-state index contributed by atoms with van der Waals surface area (Å²) < 4.78 is 54.4. The second-order valence-corrected chi connectivity index (χ2v) is 6.30. The first-order chi connectivity index (χ1) is 13.1. The van der Waals surface area contributed by atoms with E-state index in [-0.39, 0.29) is 24.2 Å². The molecule has 0 aromatic heterocycles.